The van der Waals surface area contributed by atoms with Crippen LogP contribution in [0, 0.1) is 0 Å². The van der Waals surface area contributed by atoms with Gasteiger partial charge in [0.15, 0.2) is 5.12 Å². The van der Waals surface area contributed by atoms with E-state index in [4.69, 9.17) is 0 Å². The van der Waals surface area contributed by atoms with Crippen LogP contribution in [0.5, 0.6) is 0 Å². The first kappa shape index (κ1) is 10.9. The van der Waals surface area contributed by atoms with Gasteiger partial charge in [-0.1, -0.05) is 11.8 Å². The van der Waals surface area contributed by atoms with Crippen molar-refractivity contribution in [2.75, 3.05) is 18.6 Å². The van der Waals surface area contributed by atoms with Crippen LogP contribution < -0.4 is 0 Å². The summed E-state index contributed by atoms with van der Waals surface area (Å²) in [6.45, 7) is 0. The maximum Gasteiger partial charge on any atom is 0.305 e. The normalized spacial score (nSPS) is 19.6. The first-order valence-electron chi connectivity index (χ1n) is 4.06. The molecule has 1 aliphatic heterocycles. The van der Waals surface area contributed by atoms with Crippen molar-refractivity contribution in [1.82, 2.24) is 0 Å². The highest BCUT2D eigenvalue weighted by atomic mass is 32.2. The Morgan fingerprint density at radius 2 is 2.23 bits per heavy atom. The summed E-state index contributed by atoms with van der Waals surface area (Å²) < 4.78 is 4.43. The first-order chi connectivity index (χ1) is 6.22. The van der Waals surface area contributed by atoms with Crippen molar-refractivity contribution in [2.45, 2.75) is 18.1 Å². The second-order valence-corrected chi connectivity index (χ2v) is 5.13. The zero-order valence-corrected chi connectivity index (χ0v) is 9.08. The number of methoxy groups -OCH3 is 1. The van der Waals surface area contributed by atoms with E-state index in [9.17, 15) is 9.59 Å². The number of rotatable bonds is 5. The summed E-state index contributed by atoms with van der Waals surface area (Å²) in [4.78, 5) is 21.8. The predicted octanol–water partition coefficient (Wildman–Crippen LogP) is 1.31. The van der Waals surface area contributed by atoms with Crippen molar-refractivity contribution in [3.63, 3.8) is 0 Å². The predicted molar refractivity (Wildman–Crippen MR) is 55.0 cm³/mol. The van der Waals surface area contributed by atoms with Gasteiger partial charge in [0.25, 0.3) is 0 Å². The maximum atomic E-state index is 11.1. The SMILES string of the molecule is COC(=O)CCC(=O)SCC1CS1. The van der Waals surface area contributed by atoms with Crippen LogP contribution in [0.3, 0.4) is 0 Å². The molecule has 1 atom stereocenters. The second kappa shape index (κ2) is 5.54. The molecule has 0 amide bonds. The van der Waals surface area contributed by atoms with Crippen LogP contribution in [0.25, 0.3) is 0 Å². The third-order valence-corrected chi connectivity index (χ3v) is 3.87. The molecule has 1 unspecified atom stereocenters. The Hall–Kier alpha value is -0.160. The molecule has 0 saturated carbocycles. The molecular weight excluding hydrogens is 208 g/mol. The zero-order valence-electron chi connectivity index (χ0n) is 7.45. The van der Waals surface area contributed by atoms with Gasteiger partial charge in [-0.25, -0.2) is 0 Å². The smallest absolute Gasteiger partial charge is 0.305 e. The quantitative estimate of drug-likeness (QED) is 0.516. The van der Waals surface area contributed by atoms with E-state index in [2.05, 4.69) is 4.74 Å². The molecule has 1 saturated heterocycles. The monoisotopic (exact) mass is 220 g/mol. The van der Waals surface area contributed by atoms with Crippen LogP contribution in [-0.4, -0.2) is 35.0 Å². The van der Waals surface area contributed by atoms with E-state index in [0.29, 0.717) is 11.7 Å². The fraction of sp³-hybridized carbons (Fsp3) is 0.750. The molecule has 1 fully saturated rings. The molecule has 0 spiro atoms. The molecule has 0 aromatic carbocycles. The van der Waals surface area contributed by atoms with Crippen molar-refractivity contribution in [3.05, 3.63) is 0 Å². The van der Waals surface area contributed by atoms with Crippen molar-refractivity contribution in [1.29, 1.82) is 0 Å². The van der Waals surface area contributed by atoms with Gasteiger partial charge in [-0.15, -0.1) is 0 Å². The van der Waals surface area contributed by atoms with Crippen LogP contribution in [0.4, 0.5) is 0 Å². The van der Waals surface area contributed by atoms with Gasteiger partial charge in [-0.2, -0.15) is 11.8 Å². The van der Waals surface area contributed by atoms with Crippen LogP contribution in [-0.2, 0) is 14.3 Å². The van der Waals surface area contributed by atoms with Crippen molar-refractivity contribution in [3.8, 4) is 0 Å². The van der Waals surface area contributed by atoms with Gasteiger partial charge >= 0.3 is 5.97 Å². The van der Waals surface area contributed by atoms with E-state index in [-0.39, 0.29) is 17.5 Å². The first-order valence-corrected chi connectivity index (χ1v) is 6.10. The summed E-state index contributed by atoms with van der Waals surface area (Å²) in [5, 5.41) is 0.768. The molecule has 1 rings (SSSR count). The van der Waals surface area contributed by atoms with Crippen LogP contribution in [0.1, 0.15) is 12.8 Å². The number of ether oxygens (including phenoxy) is 1. The fourth-order valence-corrected chi connectivity index (χ4v) is 2.46. The minimum atomic E-state index is -0.310. The molecular formula is C8H12O3S2. The molecule has 0 bridgehead atoms. The van der Waals surface area contributed by atoms with Crippen molar-refractivity contribution in [2.24, 2.45) is 0 Å². The number of thioether (sulfide) groups is 2. The molecule has 1 heterocycles. The lowest BCUT2D eigenvalue weighted by Crippen LogP contribution is -2.04. The topological polar surface area (TPSA) is 43.4 Å². The molecule has 13 heavy (non-hydrogen) atoms. The lowest BCUT2D eigenvalue weighted by Gasteiger charge is -1.98. The summed E-state index contributed by atoms with van der Waals surface area (Å²) in [6.07, 6.45) is 0.509. The molecule has 0 radical (unpaired) electrons. The molecule has 74 valence electrons. The van der Waals surface area contributed by atoms with E-state index >= 15 is 0 Å². The van der Waals surface area contributed by atoms with Crippen LogP contribution in [0.2, 0.25) is 0 Å². The Kier molecular flexibility index (Phi) is 4.66. The third kappa shape index (κ3) is 5.21. The van der Waals surface area contributed by atoms with E-state index in [1.54, 1.807) is 0 Å². The number of esters is 1. The van der Waals surface area contributed by atoms with Gasteiger partial charge in [0, 0.05) is 23.2 Å². The van der Waals surface area contributed by atoms with Crippen LogP contribution in [0.15, 0.2) is 0 Å². The Morgan fingerprint density at radius 3 is 2.77 bits per heavy atom. The molecule has 3 nitrogen and oxygen atoms in total. The number of hydrogen-bond acceptors (Lipinski definition) is 5. The largest absolute Gasteiger partial charge is 0.469 e. The number of hydrogen-bond donors (Lipinski definition) is 0. The Morgan fingerprint density at radius 1 is 1.54 bits per heavy atom. The summed E-state index contributed by atoms with van der Waals surface area (Å²) in [5.41, 5.74) is 0. The maximum absolute atomic E-state index is 11.1. The lowest BCUT2D eigenvalue weighted by molar-refractivity contribution is -0.141. The molecule has 5 heteroatoms. The fourth-order valence-electron chi connectivity index (χ4n) is 0.729. The van der Waals surface area contributed by atoms with Gasteiger partial charge in [-0.05, 0) is 0 Å². The second-order valence-electron chi connectivity index (χ2n) is 2.71. The van der Waals surface area contributed by atoms with E-state index in [0.717, 1.165) is 5.75 Å². The summed E-state index contributed by atoms with van der Waals surface area (Å²) in [5.74, 6) is 1.76. The third-order valence-electron chi connectivity index (χ3n) is 1.59. The van der Waals surface area contributed by atoms with Gasteiger partial charge in [0.2, 0.25) is 0 Å². The number of carbonyl (C=O) groups excluding carboxylic acids is 2. The van der Waals surface area contributed by atoms with Crippen molar-refractivity contribution >= 4 is 34.6 Å². The highest BCUT2D eigenvalue weighted by Crippen LogP contribution is 2.33. The zero-order chi connectivity index (χ0) is 9.68. The van der Waals surface area contributed by atoms with E-state index in [1.165, 1.54) is 24.6 Å². The van der Waals surface area contributed by atoms with Gasteiger partial charge in [-0.3, -0.25) is 9.59 Å². The molecule has 1 aliphatic rings. The Labute approximate surface area is 86.0 Å². The van der Waals surface area contributed by atoms with Gasteiger partial charge in [0.05, 0.1) is 13.5 Å². The summed E-state index contributed by atoms with van der Waals surface area (Å²) in [7, 11) is 1.33. The van der Waals surface area contributed by atoms with Gasteiger partial charge in [0.1, 0.15) is 0 Å². The average Bonchev–Trinajstić information content (AvgIpc) is 2.94. The summed E-state index contributed by atoms with van der Waals surface area (Å²) >= 11 is 3.21. The lowest BCUT2D eigenvalue weighted by atomic mass is 10.3. The highest BCUT2D eigenvalue weighted by molar-refractivity contribution is 8.15. The van der Waals surface area contributed by atoms with E-state index < -0.39 is 0 Å². The molecule has 0 aromatic rings. The minimum Gasteiger partial charge on any atom is -0.469 e. The average molecular weight is 220 g/mol. The van der Waals surface area contributed by atoms with Crippen LogP contribution >= 0.6 is 23.5 Å². The standard InChI is InChI=1S/C8H12O3S2/c1-11-7(9)2-3-8(10)13-5-6-4-12-6/h6H,2-5H2,1H3. The molecule has 0 aliphatic carbocycles. The van der Waals surface area contributed by atoms with Crippen molar-refractivity contribution < 1.29 is 14.3 Å². The Balaban J connectivity index is 1.99. The highest BCUT2D eigenvalue weighted by Gasteiger charge is 2.23. The van der Waals surface area contributed by atoms with Gasteiger partial charge < -0.3 is 4.74 Å². The minimum absolute atomic E-state index is 0.0953. The Bertz CT molecular complexity index is 202. The summed E-state index contributed by atoms with van der Waals surface area (Å²) in [6, 6.07) is 0. The number of carbonyl (C=O) groups is 2. The van der Waals surface area contributed by atoms with E-state index in [1.807, 2.05) is 11.8 Å². The molecule has 0 aromatic heterocycles. The molecule has 0 N–H and O–H groups in total.